The first-order valence-electron chi connectivity index (χ1n) is 7.84. The Kier molecular flexibility index (Phi) is 5.01. The third-order valence-electron chi connectivity index (χ3n) is 3.73. The molecule has 0 saturated carbocycles. The van der Waals surface area contributed by atoms with Crippen LogP contribution in [0.25, 0.3) is 11.3 Å². The van der Waals surface area contributed by atoms with E-state index in [-0.39, 0.29) is 5.91 Å². The number of aromatic nitrogens is 2. The van der Waals surface area contributed by atoms with Gasteiger partial charge >= 0.3 is 0 Å². The highest BCUT2D eigenvalue weighted by Gasteiger charge is 2.09. The van der Waals surface area contributed by atoms with Gasteiger partial charge in [0, 0.05) is 41.9 Å². The number of carbonyl (C=O) groups is 1. The molecule has 1 N–H and O–H groups in total. The van der Waals surface area contributed by atoms with Gasteiger partial charge in [-0.05, 0) is 37.6 Å². The van der Waals surface area contributed by atoms with E-state index in [0.29, 0.717) is 12.8 Å². The summed E-state index contributed by atoms with van der Waals surface area (Å²) in [4.78, 5) is 20.8. The molecule has 0 spiro atoms. The van der Waals surface area contributed by atoms with Gasteiger partial charge in [-0.15, -0.1) is 11.3 Å². The van der Waals surface area contributed by atoms with Crippen LogP contribution in [0.4, 0.5) is 5.69 Å². The molecule has 0 bridgehead atoms. The van der Waals surface area contributed by atoms with Crippen LogP contribution in [0.1, 0.15) is 22.6 Å². The summed E-state index contributed by atoms with van der Waals surface area (Å²) in [6.45, 7) is 4.05. The molecule has 0 aliphatic heterocycles. The predicted octanol–water partition coefficient (Wildman–Crippen LogP) is 4.39. The van der Waals surface area contributed by atoms with Crippen LogP contribution in [0.15, 0.2) is 48.1 Å². The highest BCUT2D eigenvalue weighted by atomic mass is 32.1. The van der Waals surface area contributed by atoms with Crippen LogP contribution in [0.3, 0.4) is 0 Å². The summed E-state index contributed by atoms with van der Waals surface area (Å²) in [5.41, 5.74) is 5.06. The quantitative estimate of drug-likeness (QED) is 0.751. The van der Waals surface area contributed by atoms with E-state index in [9.17, 15) is 4.79 Å². The minimum absolute atomic E-state index is 0.0140. The topological polar surface area (TPSA) is 54.9 Å². The van der Waals surface area contributed by atoms with Gasteiger partial charge in [0.1, 0.15) is 0 Å². The van der Waals surface area contributed by atoms with Gasteiger partial charge in [-0.3, -0.25) is 9.78 Å². The lowest BCUT2D eigenvalue weighted by Crippen LogP contribution is -2.13. The Morgan fingerprint density at radius 2 is 2.12 bits per heavy atom. The van der Waals surface area contributed by atoms with Crippen molar-refractivity contribution in [3.05, 3.63) is 64.2 Å². The van der Waals surface area contributed by atoms with Crippen LogP contribution in [0, 0.1) is 13.8 Å². The monoisotopic (exact) mass is 337 g/mol. The van der Waals surface area contributed by atoms with E-state index in [1.54, 1.807) is 23.7 Å². The summed E-state index contributed by atoms with van der Waals surface area (Å²) in [6.07, 6.45) is 4.61. The van der Waals surface area contributed by atoms with Crippen LogP contribution in [-0.4, -0.2) is 15.9 Å². The fourth-order valence-corrected chi connectivity index (χ4v) is 3.27. The molecule has 0 radical (unpaired) electrons. The number of hydrogen-bond acceptors (Lipinski definition) is 4. The Balaban J connectivity index is 1.58. The SMILES string of the molecule is Cc1ccc(NC(=O)CCc2nc(-c3cccnc3)cs2)c(C)c1. The number of rotatable bonds is 5. The number of anilines is 1. The molecule has 122 valence electrons. The predicted molar refractivity (Wildman–Crippen MR) is 98.2 cm³/mol. The number of benzene rings is 1. The van der Waals surface area contributed by atoms with Gasteiger partial charge in [0.25, 0.3) is 0 Å². The molecule has 24 heavy (non-hydrogen) atoms. The maximum Gasteiger partial charge on any atom is 0.224 e. The Morgan fingerprint density at radius 1 is 1.25 bits per heavy atom. The summed E-state index contributed by atoms with van der Waals surface area (Å²) in [6, 6.07) is 9.90. The second-order valence-corrected chi connectivity index (χ2v) is 6.68. The summed E-state index contributed by atoms with van der Waals surface area (Å²) in [5.74, 6) is 0.0140. The number of nitrogens with zero attached hydrogens (tertiary/aromatic N) is 2. The molecule has 0 atom stereocenters. The van der Waals surface area contributed by atoms with Crippen molar-refractivity contribution in [3.63, 3.8) is 0 Å². The molecule has 1 amide bonds. The number of amides is 1. The lowest BCUT2D eigenvalue weighted by molar-refractivity contribution is -0.116. The molecule has 0 unspecified atom stereocenters. The molecular formula is C19H19N3OS. The maximum absolute atomic E-state index is 12.2. The van der Waals surface area contributed by atoms with Crippen molar-refractivity contribution in [1.82, 2.24) is 9.97 Å². The molecule has 1 aromatic carbocycles. The first-order chi connectivity index (χ1) is 11.6. The molecule has 4 nitrogen and oxygen atoms in total. The van der Waals surface area contributed by atoms with Gasteiger partial charge in [-0.25, -0.2) is 4.98 Å². The number of nitrogens with one attached hydrogen (secondary N) is 1. The fourth-order valence-electron chi connectivity index (χ4n) is 2.46. The first-order valence-corrected chi connectivity index (χ1v) is 8.72. The average molecular weight is 337 g/mol. The number of pyridine rings is 1. The van der Waals surface area contributed by atoms with Crippen molar-refractivity contribution in [2.24, 2.45) is 0 Å². The van der Waals surface area contributed by atoms with Crippen LogP contribution >= 0.6 is 11.3 Å². The van der Waals surface area contributed by atoms with E-state index in [1.165, 1.54) is 5.56 Å². The first kappa shape index (κ1) is 16.3. The zero-order valence-corrected chi connectivity index (χ0v) is 14.6. The molecule has 5 heteroatoms. The van der Waals surface area contributed by atoms with Crippen molar-refractivity contribution in [2.45, 2.75) is 26.7 Å². The normalized spacial score (nSPS) is 10.6. The van der Waals surface area contributed by atoms with E-state index >= 15 is 0 Å². The van der Waals surface area contributed by atoms with Crippen LogP contribution < -0.4 is 5.32 Å². The molecule has 0 aliphatic rings. The largest absolute Gasteiger partial charge is 0.326 e. The van der Waals surface area contributed by atoms with Gasteiger partial charge in [0.05, 0.1) is 10.7 Å². The Labute approximate surface area is 145 Å². The van der Waals surface area contributed by atoms with E-state index in [1.807, 2.05) is 43.5 Å². The van der Waals surface area contributed by atoms with Gasteiger partial charge in [-0.2, -0.15) is 0 Å². The number of hydrogen-bond donors (Lipinski definition) is 1. The summed E-state index contributed by atoms with van der Waals surface area (Å²) >= 11 is 1.58. The minimum Gasteiger partial charge on any atom is -0.326 e. The summed E-state index contributed by atoms with van der Waals surface area (Å²) in [5, 5.41) is 5.94. The summed E-state index contributed by atoms with van der Waals surface area (Å²) < 4.78 is 0. The Morgan fingerprint density at radius 3 is 2.88 bits per heavy atom. The average Bonchev–Trinajstić information content (AvgIpc) is 3.05. The molecule has 2 heterocycles. The second-order valence-electron chi connectivity index (χ2n) is 5.73. The molecular weight excluding hydrogens is 318 g/mol. The van der Waals surface area contributed by atoms with Crippen molar-refractivity contribution in [2.75, 3.05) is 5.32 Å². The highest BCUT2D eigenvalue weighted by molar-refractivity contribution is 7.09. The molecule has 0 fully saturated rings. The molecule has 0 aliphatic carbocycles. The molecule has 0 saturated heterocycles. The van der Waals surface area contributed by atoms with Gasteiger partial charge in [-0.1, -0.05) is 17.7 Å². The lowest BCUT2D eigenvalue weighted by atomic mass is 10.1. The van der Waals surface area contributed by atoms with Crippen molar-refractivity contribution in [3.8, 4) is 11.3 Å². The van der Waals surface area contributed by atoms with Gasteiger partial charge in [0.2, 0.25) is 5.91 Å². The fraction of sp³-hybridized carbons (Fsp3) is 0.211. The van der Waals surface area contributed by atoms with E-state index in [2.05, 4.69) is 21.4 Å². The lowest BCUT2D eigenvalue weighted by Gasteiger charge is -2.08. The minimum atomic E-state index is 0.0140. The number of aryl methyl sites for hydroxylation is 3. The smallest absolute Gasteiger partial charge is 0.224 e. The zero-order chi connectivity index (χ0) is 16.9. The summed E-state index contributed by atoms with van der Waals surface area (Å²) in [7, 11) is 0. The number of carbonyl (C=O) groups excluding carboxylic acids is 1. The Bertz CT molecular complexity index is 843. The van der Waals surface area contributed by atoms with Gasteiger partial charge < -0.3 is 5.32 Å². The Hall–Kier alpha value is -2.53. The van der Waals surface area contributed by atoms with Crippen LogP contribution in [0.2, 0.25) is 0 Å². The van der Waals surface area contributed by atoms with Crippen LogP contribution in [-0.2, 0) is 11.2 Å². The molecule has 3 rings (SSSR count). The third-order valence-corrected chi connectivity index (χ3v) is 4.64. The molecule has 2 aromatic heterocycles. The number of thiazole rings is 1. The van der Waals surface area contributed by atoms with Gasteiger partial charge in [0.15, 0.2) is 0 Å². The van der Waals surface area contributed by atoms with Crippen molar-refractivity contribution in [1.29, 1.82) is 0 Å². The zero-order valence-electron chi connectivity index (χ0n) is 13.7. The second kappa shape index (κ2) is 7.36. The van der Waals surface area contributed by atoms with Crippen LogP contribution in [0.5, 0.6) is 0 Å². The molecule has 3 aromatic rings. The maximum atomic E-state index is 12.2. The van der Waals surface area contributed by atoms with Crippen molar-refractivity contribution < 1.29 is 4.79 Å². The van der Waals surface area contributed by atoms with Crippen molar-refractivity contribution >= 4 is 22.9 Å². The van der Waals surface area contributed by atoms with E-state index in [4.69, 9.17) is 0 Å². The standard InChI is InChI=1S/C19H19N3OS/c1-13-5-6-16(14(2)10-13)21-18(23)7-8-19-22-17(12-24-19)15-4-3-9-20-11-15/h3-6,9-12H,7-8H2,1-2H3,(H,21,23). The highest BCUT2D eigenvalue weighted by Crippen LogP contribution is 2.22. The van der Waals surface area contributed by atoms with E-state index in [0.717, 1.165) is 27.5 Å². The van der Waals surface area contributed by atoms with E-state index < -0.39 is 0 Å². The third kappa shape index (κ3) is 4.06.